The van der Waals surface area contributed by atoms with Crippen molar-refractivity contribution in [2.75, 3.05) is 6.54 Å². The van der Waals surface area contributed by atoms with Gasteiger partial charge in [-0.2, -0.15) is 0 Å². The van der Waals surface area contributed by atoms with E-state index in [1.807, 2.05) is 0 Å². The molecule has 0 saturated heterocycles. The molecule has 0 amide bonds. The van der Waals surface area contributed by atoms with Crippen molar-refractivity contribution >= 4 is 27.3 Å². The van der Waals surface area contributed by atoms with Gasteiger partial charge in [0.1, 0.15) is 4.88 Å². The molecule has 7 heteroatoms. The number of carbonyl (C=O) groups is 1. The Hall–Kier alpha value is -0.920. The smallest absolute Gasteiger partial charge is 0.345 e. The van der Waals surface area contributed by atoms with Crippen molar-refractivity contribution in [2.24, 2.45) is 5.92 Å². The minimum Gasteiger partial charge on any atom is -0.477 e. The van der Waals surface area contributed by atoms with Crippen LogP contribution < -0.4 is 4.72 Å². The molecule has 1 aliphatic carbocycles. The second-order valence-electron chi connectivity index (χ2n) is 4.82. The molecule has 0 atom stereocenters. The average molecular weight is 303 g/mol. The Morgan fingerprint density at radius 2 is 2.21 bits per heavy atom. The molecule has 2 rings (SSSR count). The van der Waals surface area contributed by atoms with E-state index in [1.54, 1.807) is 6.92 Å². The Morgan fingerprint density at radius 3 is 2.74 bits per heavy atom. The molecule has 1 heterocycles. The van der Waals surface area contributed by atoms with Crippen molar-refractivity contribution in [3.05, 3.63) is 15.8 Å². The molecule has 1 aromatic rings. The van der Waals surface area contributed by atoms with Gasteiger partial charge in [0.2, 0.25) is 10.0 Å². The fraction of sp³-hybridized carbons (Fsp3) is 0.583. The van der Waals surface area contributed by atoms with Crippen molar-refractivity contribution in [1.29, 1.82) is 0 Å². The summed E-state index contributed by atoms with van der Waals surface area (Å²) in [6.07, 6.45) is 4.42. The van der Waals surface area contributed by atoms with Gasteiger partial charge < -0.3 is 5.11 Å². The molecule has 1 aliphatic rings. The first-order chi connectivity index (χ1) is 8.90. The molecule has 1 saturated carbocycles. The Kier molecular flexibility index (Phi) is 4.27. The van der Waals surface area contributed by atoms with Gasteiger partial charge in [-0.25, -0.2) is 17.9 Å². The van der Waals surface area contributed by atoms with Crippen molar-refractivity contribution in [3.8, 4) is 0 Å². The molecule has 5 nitrogen and oxygen atoms in total. The van der Waals surface area contributed by atoms with E-state index in [0.717, 1.165) is 30.1 Å². The lowest BCUT2D eigenvalue weighted by atomic mass is 10.2. The summed E-state index contributed by atoms with van der Waals surface area (Å²) in [5, 5.41) is 8.87. The highest BCUT2D eigenvalue weighted by Crippen LogP contribution is 2.33. The quantitative estimate of drug-likeness (QED) is 0.757. The maximum atomic E-state index is 12.1. The summed E-state index contributed by atoms with van der Waals surface area (Å²) in [5.74, 6) is -0.311. The number of hydrogen-bond acceptors (Lipinski definition) is 4. The highest BCUT2D eigenvalue weighted by atomic mass is 32.2. The number of aromatic carboxylic acids is 1. The van der Waals surface area contributed by atoms with E-state index < -0.39 is 16.0 Å². The van der Waals surface area contributed by atoms with E-state index in [0.29, 0.717) is 11.4 Å². The number of sulfonamides is 1. The summed E-state index contributed by atoms with van der Waals surface area (Å²) < 4.78 is 26.6. The number of nitrogens with one attached hydrogen (secondary N) is 1. The maximum absolute atomic E-state index is 12.1. The molecule has 0 unspecified atom stereocenters. The Labute approximate surface area is 116 Å². The molecular formula is C12H17NO4S2. The van der Waals surface area contributed by atoms with Gasteiger partial charge in [-0.15, -0.1) is 11.3 Å². The molecular weight excluding hydrogens is 286 g/mol. The largest absolute Gasteiger partial charge is 0.477 e. The zero-order valence-corrected chi connectivity index (χ0v) is 12.3. The molecule has 0 aliphatic heterocycles. The molecule has 1 fully saturated rings. The van der Waals surface area contributed by atoms with Crippen LogP contribution in [0, 0.1) is 12.8 Å². The van der Waals surface area contributed by atoms with Crippen LogP contribution in [0.2, 0.25) is 0 Å². The minimum atomic E-state index is -3.58. The van der Waals surface area contributed by atoms with Crippen LogP contribution in [0.4, 0.5) is 0 Å². The summed E-state index contributed by atoms with van der Waals surface area (Å²) in [6.45, 7) is 2.03. The van der Waals surface area contributed by atoms with E-state index in [2.05, 4.69) is 4.72 Å². The van der Waals surface area contributed by atoms with Crippen molar-refractivity contribution in [1.82, 2.24) is 4.72 Å². The molecule has 0 radical (unpaired) electrons. The summed E-state index contributed by atoms with van der Waals surface area (Å²) in [4.78, 5) is 11.5. The average Bonchev–Trinajstić information content (AvgIpc) is 3.05. The molecule has 0 spiro atoms. The monoisotopic (exact) mass is 303 g/mol. The topological polar surface area (TPSA) is 83.5 Å². The molecule has 19 heavy (non-hydrogen) atoms. The van der Waals surface area contributed by atoms with Crippen LogP contribution in [0.15, 0.2) is 11.0 Å². The summed E-state index contributed by atoms with van der Waals surface area (Å²) in [6, 6.07) is 1.23. The predicted molar refractivity (Wildman–Crippen MR) is 73.2 cm³/mol. The molecule has 106 valence electrons. The van der Waals surface area contributed by atoms with Gasteiger partial charge in [0.15, 0.2) is 0 Å². The van der Waals surface area contributed by atoms with Crippen molar-refractivity contribution < 1.29 is 18.3 Å². The zero-order chi connectivity index (χ0) is 14.0. The fourth-order valence-corrected chi connectivity index (χ4v) is 4.42. The third kappa shape index (κ3) is 3.77. The van der Waals surface area contributed by atoms with Crippen LogP contribution in [0.1, 0.15) is 40.2 Å². The summed E-state index contributed by atoms with van der Waals surface area (Å²) in [7, 11) is -3.58. The summed E-state index contributed by atoms with van der Waals surface area (Å²) >= 11 is 0.985. The number of aryl methyl sites for hydroxylation is 1. The van der Waals surface area contributed by atoms with Gasteiger partial charge in [0, 0.05) is 11.4 Å². The van der Waals surface area contributed by atoms with Crippen molar-refractivity contribution in [3.63, 3.8) is 0 Å². The maximum Gasteiger partial charge on any atom is 0.345 e. The number of thiophene rings is 1. The number of carboxylic acid groups (broad SMARTS) is 1. The van der Waals surface area contributed by atoms with E-state index in [1.165, 1.54) is 18.9 Å². The van der Waals surface area contributed by atoms with Crippen LogP contribution in [-0.2, 0) is 10.0 Å². The lowest BCUT2D eigenvalue weighted by Gasteiger charge is -2.05. The van der Waals surface area contributed by atoms with Gasteiger partial charge in [0.05, 0.1) is 4.90 Å². The zero-order valence-electron chi connectivity index (χ0n) is 10.7. The minimum absolute atomic E-state index is 0.0517. The number of hydrogen-bond donors (Lipinski definition) is 2. The van der Waals surface area contributed by atoms with Crippen molar-refractivity contribution in [2.45, 2.75) is 37.5 Å². The standard InChI is InChI=1S/C12H17NO4S2/c1-8-11(7-10(18-8)12(14)15)19(16,17)13-6-2-3-9-4-5-9/h7,9,13H,2-6H2,1H3,(H,14,15). The van der Waals surface area contributed by atoms with Crippen LogP contribution in [-0.4, -0.2) is 26.0 Å². The van der Waals surface area contributed by atoms with E-state index in [9.17, 15) is 13.2 Å². The van der Waals surface area contributed by atoms with Crippen LogP contribution in [0.5, 0.6) is 0 Å². The van der Waals surface area contributed by atoms with Gasteiger partial charge in [-0.1, -0.05) is 12.8 Å². The molecule has 0 aromatic carbocycles. The van der Waals surface area contributed by atoms with Crippen LogP contribution in [0.25, 0.3) is 0 Å². The Balaban J connectivity index is 1.99. The third-order valence-corrected chi connectivity index (χ3v) is 5.91. The first-order valence-electron chi connectivity index (χ1n) is 6.23. The highest BCUT2D eigenvalue weighted by molar-refractivity contribution is 7.89. The molecule has 2 N–H and O–H groups in total. The number of carboxylic acids is 1. The van der Waals surface area contributed by atoms with Gasteiger partial charge >= 0.3 is 5.97 Å². The van der Waals surface area contributed by atoms with E-state index in [-0.39, 0.29) is 9.77 Å². The first kappa shape index (κ1) is 14.5. The highest BCUT2D eigenvalue weighted by Gasteiger charge is 2.23. The first-order valence-corrected chi connectivity index (χ1v) is 8.53. The Morgan fingerprint density at radius 1 is 1.53 bits per heavy atom. The fourth-order valence-electron chi connectivity index (χ4n) is 1.92. The second kappa shape index (κ2) is 5.60. The summed E-state index contributed by atoms with van der Waals surface area (Å²) in [5.41, 5.74) is 0. The predicted octanol–water partition coefficient (Wildman–Crippen LogP) is 2.22. The van der Waals surface area contributed by atoms with Gasteiger partial charge in [-0.3, -0.25) is 0 Å². The Bertz CT molecular complexity index is 573. The molecule has 1 aromatic heterocycles. The van der Waals surface area contributed by atoms with E-state index >= 15 is 0 Å². The second-order valence-corrected chi connectivity index (χ2v) is 7.81. The van der Waals surface area contributed by atoms with E-state index in [4.69, 9.17) is 5.11 Å². The lowest BCUT2D eigenvalue weighted by molar-refractivity contribution is 0.0702. The van der Waals surface area contributed by atoms with Gasteiger partial charge in [-0.05, 0) is 31.7 Å². The SMILES string of the molecule is Cc1sc(C(=O)O)cc1S(=O)(=O)NCCCC1CC1. The van der Waals surface area contributed by atoms with Crippen LogP contribution >= 0.6 is 11.3 Å². The normalized spacial score (nSPS) is 15.6. The number of rotatable bonds is 7. The van der Waals surface area contributed by atoms with Crippen LogP contribution in [0.3, 0.4) is 0 Å². The lowest BCUT2D eigenvalue weighted by Crippen LogP contribution is -2.25. The van der Waals surface area contributed by atoms with Gasteiger partial charge in [0.25, 0.3) is 0 Å². The molecule has 0 bridgehead atoms. The third-order valence-electron chi connectivity index (χ3n) is 3.15.